The topological polar surface area (TPSA) is 135 Å². The molecule has 2 N–H and O–H groups in total. The van der Waals surface area contributed by atoms with E-state index in [4.69, 9.17) is 23.2 Å². The molecule has 0 radical (unpaired) electrons. The Morgan fingerprint density at radius 1 is 1.30 bits per heavy atom. The maximum atomic E-state index is 12.9. The Bertz CT molecular complexity index is 1080. The van der Waals surface area contributed by atoms with Crippen molar-refractivity contribution in [2.75, 3.05) is 11.9 Å². The van der Waals surface area contributed by atoms with Gasteiger partial charge in [0.2, 0.25) is 5.91 Å². The third-order valence-electron chi connectivity index (χ3n) is 4.69. The lowest BCUT2D eigenvalue weighted by Crippen LogP contribution is -2.42. The predicted octanol–water partition coefficient (Wildman–Crippen LogP) is 3.01. The molecule has 1 aromatic carbocycles. The summed E-state index contributed by atoms with van der Waals surface area (Å²) in [5, 5.41) is 16.2. The molecule has 0 aliphatic carbocycles. The van der Waals surface area contributed by atoms with Crippen molar-refractivity contribution >= 4 is 52.6 Å². The van der Waals surface area contributed by atoms with Gasteiger partial charge in [0.25, 0.3) is 11.6 Å². The number of amides is 4. The number of imide groups is 1. The first kappa shape index (κ1) is 21.5. The number of nitrogens with zero attached hydrogens (tertiary/aromatic N) is 3. The lowest BCUT2D eigenvalue weighted by molar-refractivity contribution is -0.384. The SMILES string of the molecule is Cc1c(Cl)cnc(NC(=O)CN2C(=O)NC(C)(c3ccc([N+](=O)[O-])cc3)C2=O)c1Cl. The molecule has 12 heteroatoms. The number of hydrogen-bond acceptors (Lipinski definition) is 6. The Kier molecular flexibility index (Phi) is 5.64. The molecule has 0 saturated carbocycles. The number of carbonyl (C=O) groups excluding carboxylic acids is 3. The molecule has 1 aromatic heterocycles. The van der Waals surface area contributed by atoms with Crippen LogP contribution in [0.3, 0.4) is 0 Å². The first-order valence-electron chi connectivity index (χ1n) is 8.54. The van der Waals surface area contributed by atoms with Crippen LogP contribution in [-0.2, 0) is 15.1 Å². The highest BCUT2D eigenvalue weighted by atomic mass is 35.5. The lowest BCUT2D eigenvalue weighted by atomic mass is 9.92. The van der Waals surface area contributed by atoms with E-state index in [1.54, 1.807) is 6.92 Å². The largest absolute Gasteiger partial charge is 0.325 e. The third kappa shape index (κ3) is 3.79. The molecular weight excluding hydrogens is 437 g/mol. The maximum Gasteiger partial charge on any atom is 0.325 e. The average molecular weight is 452 g/mol. The van der Waals surface area contributed by atoms with Gasteiger partial charge < -0.3 is 10.6 Å². The summed E-state index contributed by atoms with van der Waals surface area (Å²) < 4.78 is 0. The highest BCUT2D eigenvalue weighted by molar-refractivity contribution is 6.37. The normalized spacial score (nSPS) is 18.3. The molecule has 3 rings (SSSR count). The molecule has 156 valence electrons. The predicted molar refractivity (Wildman–Crippen MR) is 108 cm³/mol. The van der Waals surface area contributed by atoms with Crippen molar-refractivity contribution in [1.82, 2.24) is 15.2 Å². The molecule has 1 aliphatic rings. The van der Waals surface area contributed by atoms with E-state index in [0.717, 1.165) is 4.90 Å². The van der Waals surface area contributed by atoms with Crippen molar-refractivity contribution in [3.05, 3.63) is 61.7 Å². The molecule has 0 bridgehead atoms. The number of nitro benzene ring substituents is 1. The Hall–Kier alpha value is -3.24. The Morgan fingerprint density at radius 2 is 1.93 bits per heavy atom. The van der Waals surface area contributed by atoms with Crippen LogP contribution in [-0.4, -0.2) is 39.2 Å². The van der Waals surface area contributed by atoms with E-state index in [-0.39, 0.29) is 16.5 Å². The first-order chi connectivity index (χ1) is 14.0. The fourth-order valence-corrected chi connectivity index (χ4v) is 3.30. The highest BCUT2D eigenvalue weighted by Gasteiger charge is 2.49. The van der Waals surface area contributed by atoms with Gasteiger partial charge in [0, 0.05) is 18.3 Å². The number of aromatic nitrogens is 1. The van der Waals surface area contributed by atoms with Gasteiger partial charge in [-0.25, -0.2) is 9.78 Å². The van der Waals surface area contributed by atoms with Crippen molar-refractivity contribution in [2.45, 2.75) is 19.4 Å². The van der Waals surface area contributed by atoms with E-state index in [0.29, 0.717) is 16.1 Å². The zero-order valence-electron chi connectivity index (χ0n) is 15.7. The number of carbonyl (C=O) groups is 3. The summed E-state index contributed by atoms with van der Waals surface area (Å²) in [5.74, 6) is -1.32. The molecule has 1 fully saturated rings. The summed E-state index contributed by atoms with van der Waals surface area (Å²) in [6, 6.07) is 4.43. The zero-order chi connectivity index (χ0) is 22.2. The lowest BCUT2D eigenvalue weighted by Gasteiger charge is -2.22. The number of hydrogen-bond donors (Lipinski definition) is 2. The molecular formula is C18H15Cl2N5O5. The summed E-state index contributed by atoms with van der Waals surface area (Å²) in [4.78, 5) is 52.5. The van der Waals surface area contributed by atoms with Crippen LogP contribution in [0.5, 0.6) is 0 Å². The Balaban J connectivity index is 1.77. The van der Waals surface area contributed by atoms with Crippen molar-refractivity contribution in [2.24, 2.45) is 0 Å². The fourth-order valence-electron chi connectivity index (χ4n) is 2.91. The average Bonchev–Trinajstić information content (AvgIpc) is 2.92. The first-order valence-corrected chi connectivity index (χ1v) is 9.29. The number of non-ortho nitro benzene ring substituents is 1. The van der Waals surface area contributed by atoms with Gasteiger partial charge in [-0.1, -0.05) is 23.2 Å². The maximum absolute atomic E-state index is 12.9. The number of benzene rings is 1. The molecule has 30 heavy (non-hydrogen) atoms. The number of halogens is 2. The number of anilines is 1. The van der Waals surface area contributed by atoms with Crippen LogP contribution >= 0.6 is 23.2 Å². The summed E-state index contributed by atoms with van der Waals surface area (Å²) in [5.41, 5.74) is -0.769. The van der Waals surface area contributed by atoms with Gasteiger partial charge >= 0.3 is 6.03 Å². The Labute approximate surface area is 180 Å². The minimum absolute atomic E-state index is 0.0498. The molecule has 1 unspecified atom stereocenters. The van der Waals surface area contributed by atoms with Gasteiger partial charge in [0.15, 0.2) is 5.82 Å². The smallest absolute Gasteiger partial charge is 0.319 e. The van der Waals surface area contributed by atoms with E-state index in [2.05, 4.69) is 15.6 Å². The standard InChI is InChI=1S/C18H15Cl2N5O5/c1-9-12(19)7-21-15(14(9)20)22-13(26)8-24-16(27)18(2,23-17(24)28)10-3-5-11(6-4-10)25(29)30/h3-7H,8H2,1-2H3,(H,23,28)(H,21,22,26). The van der Waals surface area contributed by atoms with Crippen molar-refractivity contribution in [3.8, 4) is 0 Å². The number of nitrogens with one attached hydrogen (secondary N) is 2. The van der Waals surface area contributed by atoms with Gasteiger partial charge in [-0.3, -0.25) is 24.6 Å². The van der Waals surface area contributed by atoms with Crippen LogP contribution in [0.25, 0.3) is 0 Å². The van der Waals surface area contributed by atoms with Gasteiger partial charge in [-0.05, 0) is 37.1 Å². The van der Waals surface area contributed by atoms with Crippen molar-refractivity contribution in [1.29, 1.82) is 0 Å². The minimum Gasteiger partial charge on any atom is -0.319 e. The van der Waals surface area contributed by atoms with E-state index >= 15 is 0 Å². The molecule has 1 saturated heterocycles. The molecule has 4 amide bonds. The molecule has 1 aliphatic heterocycles. The van der Waals surface area contributed by atoms with Crippen LogP contribution in [0.15, 0.2) is 30.5 Å². The molecule has 10 nitrogen and oxygen atoms in total. The molecule has 2 heterocycles. The number of nitro groups is 1. The van der Waals surface area contributed by atoms with Crippen LogP contribution in [0.4, 0.5) is 16.3 Å². The number of pyridine rings is 1. The summed E-state index contributed by atoms with van der Waals surface area (Å²) in [6.45, 7) is 2.52. The minimum atomic E-state index is -1.47. The number of rotatable bonds is 5. The van der Waals surface area contributed by atoms with Gasteiger partial charge in [-0.2, -0.15) is 0 Å². The van der Waals surface area contributed by atoms with Gasteiger partial charge in [-0.15, -0.1) is 0 Å². The van der Waals surface area contributed by atoms with Crippen LogP contribution in [0, 0.1) is 17.0 Å². The summed E-state index contributed by atoms with van der Waals surface area (Å²) >= 11 is 12.0. The Morgan fingerprint density at radius 3 is 2.53 bits per heavy atom. The van der Waals surface area contributed by atoms with Crippen LogP contribution < -0.4 is 10.6 Å². The third-order valence-corrected chi connectivity index (χ3v) is 5.54. The molecule has 0 spiro atoms. The quantitative estimate of drug-likeness (QED) is 0.407. The highest BCUT2D eigenvalue weighted by Crippen LogP contribution is 2.31. The number of urea groups is 1. The van der Waals surface area contributed by atoms with Crippen LogP contribution in [0.1, 0.15) is 18.1 Å². The second kappa shape index (κ2) is 7.88. The fraction of sp³-hybridized carbons (Fsp3) is 0.222. The van der Waals surface area contributed by atoms with E-state index in [9.17, 15) is 24.5 Å². The van der Waals surface area contributed by atoms with E-state index in [1.165, 1.54) is 37.4 Å². The second-order valence-electron chi connectivity index (χ2n) is 6.69. The molecule has 1 atom stereocenters. The summed E-state index contributed by atoms with van der Waals surface area (Å²) in [7, 11) is 0. The van der Waals surface area contributed by atoms with Crippen LogP contribution in [0.2, 0.25) is 10.0 Å². The van der Waals surface area contributed by atoms with Gasteiger partial charge in [0.1, 0.15) is 12.1 Å². The summed E-state index contributed by atoms with van der Waals surface area (Å²) in [6.07, 6.45) is 1.32. The van der Waals surface area contributed by atoms with Crippen molar-refractivity contribution < 1.29 is 19.3 Å². The zero-order valence-corrected chi connectivity index (χ0v) is 17.2. The van der Waals surface area contributed by atoms with E-state index in [1.807, 2.05) is 0 Å². The van der Waals surface area contributed by atoms with Crippen molar-refractivity contribution in [3.63, 3.8) is 0 Å². The second-order valence-corrected chi connectivity index (χ2v) is 7.48. The van der Waals surface area contributed by atoms with Gasteiger partial charge in [0.05, 0.1) is 15.0 Å². The monoisotopic (exact) mass is 451 g/mol. The molecule has 2 aromatic rings. The van der Waals surface area contributed by atoms with E-state index < -0.39 is 34.9 Å².